The van der Waals surface area contributed by atoms with E-state index >= 15 is 0 Å². The Hall–Kier alpha value is -1.42. The van der Waals surface area contributed by atoms with E-state index in [1.54, 1.807) is 18.0 Å². The molecule has 0 radical (unpaired) electrons. The maximum Gasteiger partial charge on any atom is 0.239 e. The van der Waals surface area contributed by atoms with E-state index in [1.807, 2.05) is 20.8 Å². The average Bonchev–Trinajstić information content (AvgIpc) is 2.35. The van der Waals surface area contributed by atoms with Gasteiger partial charge in [-0.1, -0.05) is 6.07 Å². The third-order valence-electron chi connectivity index (χ3n) is 3.12. The molecule has 1 amide bonds. The van der Waals surface area contributed by atoms with Crippen LogP contribution in [0.4, 0.5) is 4.39 Å². The molecule has 0 bridgehead atoms. The van der Waals surface area contributed by atoms with Crippen molar-refractivity contribution in [2.45, 2.75) is 33.4 Å². The third-order valence-corrected chi connectivity index (χ3v) is 3.12. The predicted octanol–water partition coefficient (Wildman–Crippen LogP) is 2.09. The van der Waals surface area contributed by atoms with Gasteiger partial charge in [-0.3, -0.25) is 4.79 Å². The molecule has 0 saturated carbocycles. The van der Waals surface area contributed by atoms with Crippen molar-refractivity contribution in [3.8, 4) is 0 Å². The standard InChI is InChI=1S/C14H21FN2O/c1-5-17(4)14(18)11(3)16-9-12-6-7-13(15)8-10(12)2/h6-8,11,16H,5,9H2,1-4H3. The molecule has 100 valence electrons. The molecule has 0 aliphatic carbocycles. The van der Waals surface area contributed by atoms with E-state index in [2.05, 4.69) is 5.32 Å². The van der Waals surface area contributed by atoms with Crippen LogP contribution in [0.15, 0.2) is 18.2 Å². The summed E-state index contributed by atoms with van der Waals surface area (Å²) in [5.74, 6) is -0.164. The number of carbonyl (C=O) groups excluding carboxylic acids is 1. The summed E-state index contributed by atoms with van der Waals surface area (Å²) in [4.78, 5) is 13.5. The molecule has 4 heteroatoms. The molecule has 0 fully saturated rings. The van der Waals surface area contributed by atoms with Crippen molar-refractivity contribution in [3.63, 3.8) is 0 Å². The number of hydrogen-bond acceptors (Lipinski definition) is 2. The fraction of sp³-hybridized carbons (Fsp3) is 0.500. The second-order valence-electron chi connectivity index (χ2n) is 4.53. The number of halogens is 1. The van der Waals surface area contributed by atoms with Gasteiger partial charge in [0.15, 0.2) is 0 Å². The van der Waals surface area contributed by atoms with Crippen LogP contribution in [0.5, 0.6) is 0 Å². The van der Waals surface area contributed by atoms with Gasteiger partial charge in [-0.05, 0) is 44.0 Å². The summed E-state index contributed by atoms with van der Waals surface area (Å²) in [7, 11) is 1.78. The minimum atomic E-state index is -0.237. The fourth-order valence-corrected chi connectivity index (χ4v) is 1.69. The first-order valence-corrected chi connectivity index (χ1v) is 6.19. The number of nitrogens with zero attached hydrogens (tertiary/aromatic N) is 1. The van der Waals surface area contributed by atoms with Gasteiger partial charge in [-0.2, -0.15) is 0 Å². The number of nitrogens with one attached hydrogen (secondary N) is 1. The Balaban J connectivity index is 2.57. The van der Waals surface area contributed by atoms with Crippen molar-refractivity contribution >= 4 is 5.91 Å². The molecular weight excluding hydrogens is 231 g/mol. The summed E-state index contributed by atoms with van der Waals surface area (Å²) in [6, 6.07) is 4.45. The van der Waals surface area contributed by atoms with E-state index in [4.69, 9.17) is 0 Å². The minimum Gasteiger partial charge on any atom is -0.345 e. The van der Waals surface area contributed by atoms with E-state index < -0.39 is 0 Å². The smallest absolute Gasteiger partial charge is 0.239 e. The Labute approximate surface area is 108 Å². The highest BCUT2D eigenvalue weighted by atomic mass is 19.1. The second kappa shape index (κ2) is 6.50. The summed E-state index contributed by atoms with van der Waals surface area (Å²) >= 11 is 0. The molecular formula is C14H21FN2O. The van der Waals surface area contributed by atoms with Crippen molar-refractivity contribution in [1.29, 1.82) is 0 Å². The monoisotopic (exact) mass is 252 g/mol. The molecule has 1 rings (SSSR count). The van der Waals surface area contributed by atoms with E-state index in [1.165, 1.54) is 12.1 Å². The van der Waals surface area contributed by atoms with Gasteiger partial charge in [0, 0.05) is 20.1 Å². The molecule has 1 aromatic rings. The lowest BCUT2D eigenvalue weighted by Crippen LogP contribution is -2.42. The molecule has 1 unspecified atom stereocenters. The Morgan fingerprint density at radius 3 is 2.72 bits per heavy atom. The maximum absolute atomic E-state index is 12.9. The number of rotatable bonds is 5. The first-order chi connectivity index (χ1) is 8.45. The third kappa shape index (κ3) is 3.81. The van der Waals surface area contributed by atoms with Crippen molar-refractivity contribution < 1.29 is 9.18 Å². The number of carbonyl (C=O) groups is 1. The first kappa shape index (κ1) is 14.6. The zero-order chi connectivity index (χ0) is 13.7. The lowest BCUT2D eigenvalue weighted by Gasteiger charge is -2.21. The summed E-state index contributed by atoms with van der Waals surface area (Å²) in [6.45, 7) is 6.91. The van der Waals surface area contributed by atoms with Crippen LogP contribution in [-0.4, -0.2) is 30.4 Å². The molecule has 0 saturated heterocycles. The largest absolute Gasteiger partial charge is 0.345 e. The number of likely N-dealkylation sites (N-methyl/N-ethyl adjacent to an activating group) is 1. The Morgan fingerprint density at radius 2 is 2.17 bits per heavy atom. The minimum absolute atomic E-state index is 0.0669. The Bertz CT molecular complexity index is 420. The molecule has 1 N–H and O–H groups in total. The zero-order valence-electron chi connectivity index (χ0n) is 11.5. The lowest BCUT2D eigenvalue weighted by atomic mass is 10.1. The van der Waals surface area contributed by atoms with Gasteiger partial charge in [-0.25, -0.2) is 4.39 Å². The molecule has 0 heterocycles. The summed E-state index contributed by atoms with van der Waals surface area (Å²) < 4.78 is 12.9. The first-order valence-electron chi connectivity index (χ1n) is 6.19. The van der Waals surface area contributed by atoms with Gasteiger partial charge in [0.1, 0.15) is 5.82 Å². The van der Waals surface area contributed by atoms with E-state index in [9.17, 15) is 9.18 Å². The molecule has 0 spiro atoms. The maximum atomic E-state index is 12.9. The van der Waals surface area contributed by atoms with Crippen LogP contribution in [0.3, 0.4) is 0 Å². The molecule has 18 heavy (non-hydrogen) atoms. The molecule has 0 aromatic heterocycles. The molecule has 0 aliphatic heterocycles. The quantitative estimate of drug-likeness (QED) is 0.870. The van der Waals surface area contributed by atoms with Crippen LogP contribution in [0.1, 0.15) is 25.0 Å². The second-order valence-corrected chi connectivity index (χ2v) is 4.53. The highest BCUT2D eigenvalue weighted by molar-refractivity contribution is 5.81. The van der Waals surface area contributed by atoms with Crippen LogP contribution < -0.4 is 5.32 Å². The molecule has 0 aliphatic rings. The van der Waals surface area contributed by atoms with Crippen molar-refractivity contribution in [3.05, 3.63) is 35.1 Å². The molecule has 3 nitrogen and oxygen atoms in total. The van der Waals surface area contributed by atoms with Crippen LogP contribution in [-0.2, 0) is 11.3 Å². The van der Waals surface area contributed by atoms with E-state index in [0.717, 1.165) is 11.1 Å². The summed E-state index contributed by atoms with van der Waals surface area (Å²) in [5.41, 5.74) is 1.90. The van der Waals surface area contributed by atoms with Gasteiger partial charge in [0.2, 0.25) is 5.91 Å². The van der Waals surface area contributed by atoms with Gasteiger partial charge in [-0.15, -0.1) is 0 Å². The van der Waals surface area contributed by atoms with Crippen molar-refractivity contribution in [2.75, 3.05) is 13.6 Å². The summed E-state index contributed by atoms with van der Waals surface area (Å²) in [6.07, 6.45) is 0. The number of benzene rings is 1. The normalized spacial score (nSPS) is 12.3. The summed E-state index contributed by atoms with van der Waals surface area (Å²) in [5, 5.41) is 3.16. The number of aryl methyl sites for hydroxylation is 1. The van der Waals surface area contributed by atoms with Crippen LogP contribution in [0.25, 0.3) is 0 Å². The van der Waals surface area contributed by atoms with Gasteiger partial charge < -0.3 is 10.2 Å². The van der Waals surface area contributed by atoms with Gasteiger partial charge in [0.05, 0.1) is 6.04 Å². The van der Waals surface area contributed by atoms with Gasteiger partial charge in [0.25, 0.3) is 0 Å². The van der Waals surface area contributed by atoms with E-state index in [-0.39, 0.29) is 17.8 Å². The highest BCUT2D eigenvalue weighted by Gasteiger charge is 2.15. The average molecular weight is 252 g/mol. The SMILES string of the molecule is CCN(C)C(=O)C(C)NCc1ccc(F)cc1C. The topological polar surface area (TPSA) is 32.3 Å². The van der Waals surface area contributed by atoms with E-state index in [0.29, 0.717) is 13.1 Å². The number of amides is 1. The number of hydrogen-bond donors (Lipinski definition) is 1. The van der Waals surface area contributed by atoms with Crippen molar-refractivity contribution in [2.24, 2.45) is 0 Å². The highest BCUT2D eigenvalue weighted by Crippen LogP contribution is 2.10. The molecule has 1 atom stereocenters. The Kier molecular flexibility index (Phi) is 5.28. The van der Waals surface area contributed by atoms with Crippen LogP contribution in [0.2, 0.25) is 0 Å². The van der Waals surface area contributed by atoms with Crippen molar-refractivity contribution in [1.82, 2.24) is 10.2 Å². The molecule has 1 aromatic carbocycles. The lowest BCUT2D eigenvalue weighted by molar-refractivity contribution is -0.131. The Morgan fingerprint density at radius 1 is 1.50 bits per heavy atom. The van der Waals surface area contributed by atoms with Gasteiger partial charge >= 0.3 is 0 Å². The fourth-order valence-electron chi connectivity index (χ4n) is 1.69. The predicted molar refractivity (Wildman–Crippen MR) is 70.7 cm³/mol. The van der Waals surface area contributed by atoms with Crippen LogP contribution >= 0.6 is 0 Å². The van der Waals surface area contributed by atoms with Crippen LogP contribution in [0, 0.1) is 12.7 Å². The zero-order valence-corrected chi connectivity index (χ0v) is 11.5.